The number of anilines is 1. The van der Waals surface area contributed by atoms with Gasteiger partial charge in [0.05, 0.1) is 11.0 Å². The fourth-order valence-electron chi connectivity index (χ4n) is 2.17. The van der Waals surface area contributed by atoms with Crippen LogP contribution < -0.4 is 16.4 Å². The first-order valence-electron chi connectivity index (χ1n) is 7.68. The molecule has 4 N–H and O–H groups in total. The van der Waals surface area contributed by atoms with Crippen molar-refractivity contribution in [1.82, 2.24) is 14.9 Å². The minimum atomic E-state index is -0.564. The number of benzene rings is 1. The van der Waals surface area contributed by atoms with E-state index in [4.69, 9.17) is 22.7 Å². The average Bonchev–Trinajstić information content (AvgIpc) is 2.91. The number of aryl methyl sites for hydroxylation is 1. The molecule has 1 aromatic carbocycles. The van der Waals surface area contributed by atoms with Crippen LogP contribution in [0.1, 0.15) is 26.3 Å². The van der Waals surface area contributed by atoms with Gasteiger partial charge in [-0.3, -0.25) is 0 Å². The topological polar surface area (TPSA) is 94.2 Å². The Morgan fingerprint density at radius 3 is 2.75 bits per heavy atom. The number of rotatable bonds is 3. The summed E-state index contributed by atoms with van der Waals surface area (Å²) in [6.07, 6.45) is 1.02. The van der Waals surface area contributed by atoms with Crippen molar-refractivity contribution in [3.63, 3.8) is 0 Å². The monoisotopic (exact) mass is 349 g/mol. The third-order valence-corrected chi connectivity index (χ3v) is 3.49. The minimum Gasteiger partial charge on any atom is -0.443 e. The molecule has 0 aliphatic carbocycles. The van der Waals surface area contributed by atoms with Crippen LogP contribution in [0.3, 0.4) is 0 Å². The van der Waals surface area contributed by atoms with E-state index in [0.717, 1.165) is 11.3 Å². The summed E-state index contributed by atoms with van der Waals surface area (Å²) in [6.45, 7) is 8.49. The Morgan fingerprint density at radius 1 is 1.42 bits per heavy atom. The second-order valence-corrected chi connectivity index (χ2v) is 6.78. The number of nitrogens with zero attached hydrogens (tertiary/aromatic N) is 2. The van der Waals surface area contributed by atoms with Crippen LogP contribution in [0, 0.1) is 6.92 Å². The van der Waals surface area contributed by atoms with Crippen LogP contribution in [0.2, 0.25) is 0 Å². The fraction of sp³-hybridized carbons (Fsp3) is 0.438. The Hall–Kier alpha value is -2.19. The predicted octanol–water partition coefficient (Wildman–Crippen LogP) is 2.37. The summed E-state index contributed by atoms with van der Waals surface area (Å²) in [4.78, 5) is 16.6. The Bertz CT molecular complexity index is 764. The van der Waals surface area contributed by atoms with Gasteiger partial charge in [0, 0.05) is 24.3 Å². The molecule has 0 atom stereocenters. The molecule has 0 unspecified atom stereocenters. The van der Waals surface area contributed by atoms with Gasteiger partial charge in [-0.1, -0.05) is 0 Å². The molecule has 0 spiro atoms. The summed E-state index contributed by atoms with van der Waals surface area (Å²) in [5.41, 5.74) is 8.00. The molecule has 2 rings (SSSR count). The van der Waals surface area contributed by atoms with Crippen molar-refractivity contribution in [2.24, 2.45) is 5.73 Å². The van der Waals surface area contributed by atoms with Gasteiger partial charge in [0.2, 0.25) is 0 Å². The Morgan fingerprint density at radius 2 is 2.12 bits per heavy atom. The Kier molecular flexibility index (Phi) is 5.40. The standard InChI is InChI=1S/C16H23N5O2S/c1-10-11(20-14(24)18-8-7-17)5-6-12-13(10)19-9-21(12)15(22)23-16(2,3)4/h5-6,9H,7-8,17H2,1-4H3,(H2,18,20,24). The lowest BCUT2D eigenvalue weighted by molar-refractivity contribution is 0.0543. The third kappa shape index (κ3) is 4.21. The van der Waals surface area contributed by atoms with E-state index in [2.05, 4.69) is 15.6 Å². The van der Waals surface area contributed by atoms with Gasteiger partial charge in [-0.05, 0) is 52.0 Å². The van der Waals surface area contributed by atoms with Gasteiger partial charge in [-0.2, -0.15) is 0 Å². The number of thiocarbonyl (C=S) groups is 1. The van der Waals surface area contributed by atoms with Crippen LogP contribution in [-0.4, -0.2) is 39.4 Å². The number of hydrogen-bond donors (Lipinski definition) is 3. The second kappa shape index (κ2) is 7.14. The summed E-state index contributed by atoms with van der Waals surface area (Å²) in [6, 6.07) is 3.67. The second-order valence-electron chi connectivity index (χ2n) is 6.37. The summed E-state index contributed by atoms with van der Waals surface area (Å²) >= 11 is 5.21. The maximum Gasteiger partial charge on any atom is 0.420 e. The van der Waals surface area contributed by atoms with E-state index in [0.29, 0.717) is 29.2 Å². The van der Waals surface area contributed by atoms with Gasteiger partial charge >= 0.3 is 6.09 Å². The van der Waals surface area contributed by atoms with Crippen molar-refractivity contribution in [2.45, 2.75) is 33.3 Å². The molecular weight excluding hydrogens is 326 g/mol. The highest BCUT2D eigenvalue weighted by molar-refractivity contribution is 7.80. The molecule has 0 fully saturated rings. The number of aromatic nitrogens is 2. The SMILES string of the molecule is Cc1c(NC(=S)NCCN)ccc2c1ncn2C(=O)OC(C)(C)C. The van der Waals surface area contributed by atoms with Crippen LogP contribution in [0.15, 0.2) is 18.5 Å². The molecular formula is C16H23N5O2S. The molecule has 7 nitrogen and oxygen atoms in total. The fourth-order valence-corrected chi connectivity index (χ4v) is 2.38. The zero-order valence-electron chi connectivity index (χ0n) is 14.3. The number of ether oxygens (including phenoxy) is 1. The first-order chi connectivity index (χ1) is 11.2. The quantitative estimate of drug-likeness (QED) is 0.732. The van der Waals surface area contributed by atoms with E-state index in [1.54, 1.807) is 0 Å². The molecule has 1 heterocycles. The number of nitrogens with one attached hydrogen (secondary N) is 2. The van der Waals surface area contributed by atoms with Gasteiger partial charge in [0.25, 0.3) is 0 Å². The van der Waals surface area contributed by atoms with E-state index in [9.17, 15) is 4.79 Å². The van der Waals surface area contributed by atoms with Crippen molar-refractivity contribution in [3.8, 4) is 0 Å². The molecule has 0 radical (unpaired) electrons. The first-order valence-corrected chi connectivity index (χ1v) is 8.08. The zero-order chi connectivity index (χ0) is 17.9. The molecule has 2 aromatic rings. The molecule has 0 bridgehead atoms. The van der Waals surface area contributed by atoms with Gasteiger partial charge < -0.3 is 21.1 Å². The van der Waals surface area contributed by atoms with Crippen LogP contribution in [0.4, 0.5) is 10.5 Å². The van der Waals surface area contributed by atoms with E-state index < -0.39 is 11.7 Å². The number of nitrogens with two attached hydrogens (primary N) is 1. The maximum absolute atomic E-state index is 12.3. The van der Waals surface area contributed by atoms with Crippen LogP contribution in [-0.2, 0) is 4.74 Å². The van der Waals surface area contributed by atoms with Crippen LogP contribution in [0.5, 0.6) is 0 Å². The molecule has 130 valence electrons. The van der Waals surface area contributed by atoms with Crippen LogP contribution in [0.25, 0.3) is 11.0 Å². The predicted molar refractivity (Wildman–Crippen MR) is 99.4 cm³/mol. The largest absolute Gasteiger partial charge is 0.443 e. The summed E-state index contributed by atoms with van der Waals surface area (Å²) in [5, 5.41) is 6.61. The normalized spacial score (nSPS) is 11.4. The molecule has 8 heteroatoms. The van der Waals surface area contributed by atoms with Crippen LogP contribution >= 0.6 is 12.2 Å². The van der Waals surface area contributed by atoms with Crippen molar-refractivity contribution < 1.29 is 9.53 Å². The lowest BCUT2D eigenvalue weighted by Crippen LogP contribution is -2.32. The van der Waals surface area contributed by atoms with Crippen molar-refractivity contribution >= 4 is 40.1 Å². The molecule has 0 saturated heterocycles. The van der Waals surface area contributed by atoms with Crippen molar-refractivity contribution in [3.05, 3.63) is 24.0 Å². The smallest absolute Gasteiger partial charge is 0.420 e. The zero-order valence-corrected chi connectivity index (χ0v) is 15.2. The van der Waals surface area contributed by atoms with Gasteiger partial charge in [-0.25, -0.2) is 14.3 Å². The molecule has 0 aliphatic rings. The third-order valence-electron chi connectivity index (χ3n) is 3.24. The highest BCUT2D eigenvalue weighted by Crippen LogP contribution is 2.25. The minimum absolute atomic E-state index is 0.453. The summed E-state index contributed by atoms with van der Waals surface area (Å²) in [7, 11) is 0. The molecule has 24 heavy (non-hydrogen) atoms. The highest BCUT2D eigenvalue weighted by Gasteiger charge is 2.20. The van der Waals surface area contributed by atoms with E-state index in [-0.39, 0.29) is 0 Å². The number of fused-ring (bicyclic) bond motifs is 1. The molecule has 0 aliphatic heterocycles. The maximum atomic E-state index is 12.3. The highest BCUT2D eigenvalue weighted by atomic mass is 32.1. The Labute approximate surface area is 146 Å². The van der Waals surface area contributed by atoms with E-state index in [1.165, 1.54) is 10.9 Å². The number of carbonyl (C=O) groups is 1. The van der Waals surface area contributed by atoms with Gasteiger partial charge in [-0.15, -0.1) is 0 Å². The molecule has 1 aromatic heterocycles. The van der Waals surface area contributed by atoms with Gasteiger partial charge in [0.15, 0.2) is 5.11 Å². The summed E-state index contributed by atoms with van der Waals surface area (Å²) in [5.74, 6) is 0. The van der Waals surface area contributed by atoms with Crippen molar-refractivity contribution in [2.75, 3.05) is 18.4 Å². The lowest BCUT2D eigenvalue weighted by Gasteiger charge is -2.19. The molecule has 0 saturated carbocycles. The van der Waals surface area contributed by atoms with E-state index in [1.807, 2.05) is 39.8 Å². The number of carbonyl (C=O) groups excluding carboxylic acids is 1. The average molecular weight is 349 g/mol. The van der Waals surface area contributed by atoms with E-state index >= 15 is 0 Å². The summed E-state index contributed by atoms with van der Waals surface area (Å²) < 4.78 is 6.80. The van der Waals surface area contributed by atoms with Crippen molar-refractivity contribution in [1.29, 1.82) is 0 Å². The number of imidazole rings is 1. The Balaban J connectivity index is 2.28. The molecule has 0 amide bonds. The lowest BCUT2D eigenvalue weighted by atomic mass is 10.1. The van der Waals surface area contributed by atoms with Gasteiger partial charge in [0.1, 0.15) is 11.9 Å². The first kappa shape index (κ1) is 18.2. The number of hydrogen-bond acceptors (Lipinski definition) is 5.